The van der Waals surface area contributed by atoms with Gasteiger partial charge in [0.1, 0.15) is 17.3 Å². The largest absolute Gasteiger partial charge is 0.496 e. The van der Waals surface area contributed by atoms with E-state index in [4.69, 9.17) is 26.4 Å². The maximum absolute atomic E-state index is 15.2. The number of Topliss-reactive ketones (excluding diaryl/α,β-unsaturated/α-hetero) is 1. The van der Waals surface area contributed by atoms with Crippen LogP contribution in [0, 0.1) is 5.82 Å². The van der Waals surface area contributed by atoms with Crippen LogP contribution in [0.1, 0.15) is 23.1 Å². The van der Waals surface area contributed by atoms with Crippen LogP contribution in [-0.2, 0) is 28.9 Å². The number of methoxy groups -OCH3 is 2. The number of hydrogen-bond donors (Lipinski definition) is 1. The van der Waals surface area contributed by atoms with Crippen LogP contribution in [0.25, 0.3) is 20.8 Å². The number of ketones is 1. The summed E-state index contributed by atoms with van der Waals surface area (Å²) in [5, 5.41) is 3.31. The summed E-state index contributed by atoms with van der Waals surface area (Å²) < 4.78 is 32.4. The van der Waals surface area contributed by atoms with Crippen LogP contribution in [0.2, 0.25) is 0 Å². The quantitative estimate of drug-likeness (QED) is 0.0966. The molecule has 44 heavy (non-hydrogen) atoms. The van der Waals surface area contributed by atoms with Gasteiger partial charge < -0.3 is 19.5 Å². The Bertz CT molecular complexity index is 1760. The predicted molar refractivity (Wildman–Crippen MR) is 176 cm³/mol. The lowest BCUT2D eigenvalue weighted by atomic mass is 10.0. The van der Waals surface area contributed by atoms with E-state index < -0.39 is 5.82 Å². The molecule has 10 heteroatoms. The number of para-hydroxylation sites is 1. The number of nitrogens with one attached hydrogen (secondary N) is 1. The lowest BCUT2D eigenvalue weighted by Crippen LogP contribution is -2.18. The minimum absolute atomic E-state index is 0.0157. The third-order valence-electron chi connectivity index (χ3n) is 6.86. The number of aromatic nitrogens is 2. The fraction of sp³-hybridized carbons (Fsp3) is 0.235. The van der Waals surface area contributed by atoms with Gasteiger partial charge in [0.25, 0.3) is 0 Å². The van der Waals surface area contributed by atoms with Gasteiger partial charge in [-0.3, -0.25) is 14.8 Å². The average Bonchev–Trinajstić information content (AvgIpc) is 3.46. The topological polar surface area (TPSA) is 82.6 Å². The van der Waals surface area contributed by atoms with E-state index >= 15 is 4.39 Å². The highest BCUT2D eigenvalue weighted by atomic mass is 32.1. The Morgan fingerprint density at radius 1 is 0.955 bits per heavy atom. The van der Waals surface area contributed by atoms with E-state index in [1.54, 1.807) is 38.6 Å². The summed E-state index contributed by atoms with van der Waals surface area (Å²) in [7, 11) is 3.25. The molecule has 0 aliphatic heterocycles. The highest BCUT2D eigenvalue weighted by Gasteiger charge is 2.15. The monoisotopic (exact) mass is 629 g/mol. The van der Waals surface area contributed by atoms with E-state index in [0.29, 0.717) is 41.5 Å². The SMILES string of the molecule is COCCNCc1ccc(-c2cc3nccc(Oc4ccc(CC(=S)CC(=O)Cc5ccccc5OC)cc4F)c3s2)nc1. The molecule has 0 radical (unpaired) electrons. The van der Waals surface area contributed by atoms with Gasteiger partial charge in [0, 0.05) is 68.3 Å². The van der Waals surface area contributed by atoms with Crippen molar-refractivity contribution in [1.29, 1.82) is 0 Å². The van der Waals surface area contributed by atoms with Crippen molar-refractivity contribution in [2.24, 2.45) is 0 Å². The smallest absolute Gasteiger partial charge is 0.166 e. The molecule has 0 saturated carbocycles. The molecule has 0 saturated heterocycles. The van der Waals surface area contributed by atoms with Crippen molar-refractivity contribution < 1.29 is 23.4 Å². The minimum Gasteiger partial charge on any atom is -0.496 e. The molecule has 1 N–H and O–H groups in total. The van der Waals surface area contributed by atoms with Gasteiger partial charge in [-0.25, -0.2) is 4.39 Å². The first kappa shape index (κ1) is 31.3. The van der Waals surface area contributed by atoms with Crippen molar-refractivity contribution in [3.63, 3.8) is 0 Å². The van der Waals surface area contributed by atoms with Crippen LogP contribution in [0.15, 0.2) is 79.1 Å². The maximum atomic E-state index is 15.2. The molecule has 0 fully saturated rings. The van der Waals surface area contributed by atoms with Gasteiger partial charge in [0.2, 0.25) is 0 Å². The second-order valence-corrected chi connectivity index (χ2v) is 11.8. The van der Waals surface area contributed by atoms with Crippen LogP contribution in [0.5, 0.6) is 17.2 Å². The molecule has 7 nitrogen and oxygen atoms in total. The number of thiocarbonyl (C=S) groups is 1. The maximum Gasteiger partial charge on any atom is 0.166 e. The van der Waals surface area contributed by atoms with Gasteiger partial charge in [-0.15, -0.1) is 11.3 Å². The van der Waals surface area contributed by atoms with Crippen LogP contribution >= 0.6 is 23.6 Å². The highest BCUT2D eigenvalue weighted by Crippen LogP contribution is 2.39. The number of hydrogen-bond acceptors (Lipinski definition) is 9. The molecule has 0 bridgehead atoms. The normalized spacial score (nSPS) is 11.1. The van der Waals surface area contributed by atoms with E-state index in [1.807, 2.05) is 48.7 Å². The molecule has 0 spiro atoms. The number of ether oxygens (including phenoxy) is 3. The Balaban J connectivity index is 1.22. The first-order valence-electron chi connectivity index (χ1n) is 14.1. The number of rotatable bonds is 15. The second-order valence-electron chi connectivity index (χ2n) is 10.1. The van der Waals surface area contributed by atoms with Crippen LogP contribution in [0.4, 0.5) is 4.39 Å². The summed E-state index contributed by atoms with van der Waals surface area (Å²) in [6.07, 6.45) is 4.16. The van der Waals surface area contributed by atoms with Gasteiger partial charge in [-0.2, -0.15) is 0 Å². The third-order valence-corrected chi connectivity index (χ3v) is 8.31. The molecule has 0 aliphatic carbocycles. The number of nitrogens with zero attached hydrogens (tertiary/aromatic N) is 2. The Morgan fingerprint density at radius 3 is 2.57 bits per heavy atom. The number of thiophene rings is 1. The van der Waals surface area contributed by atoms with E-state index in [9.17, 15) is 4.79 Å². The van der Waals surface area contributed by atoms with Crippen LogP contribution in [0.3, 0.4) is 0 Å². The van der Waals surface area contributed by atoms with Crippen molar-refractivity contribution in [3.8, 4) is 27.8 Å². The summed E-state index contributed by atoms with van der Waals surface area (Å²) >= 11 is 6.97. The predicted octanol–water partition coefficient (Wildman–Crippen LogP) is 7.15. The summed E-state index contributed by atoms with van der Waals surface area (Å²) in [5.74, 6) is 0.747. The van der Waals surface area contributed by atoms with E-state index in [1.165, 1.54) is 17.4 Å². The van der Waals surface area contributed by atoms with Crippen LogP contribution < -0.4 is 14.8 Å². The Hall–Kier alpha value is -4.09. The van der Waals surface area contributed by atoms with Crippen molar-refractivity contribution in [1.82, 2.24) is 15.3 Å². The molecular weight excluding hydrogens is 598 g/mol. The highest BCUT2D eigenvalue weighted by molar-refractivity contribution is 7.80. The minimum atomic E-state index is -0.510. The van der Waals surface area contributed by atoms with Gasteiger partial charge in [-0.1, -0.05) is 42.5 Å². The summed E-state index contributed by atoms with van der Waals surface area (Å²) in [6.45, 7) is 2.13. The fourth-order valence-electron chi connectivity index (χ4n) is 4.69. The first-order valence-corrected chi connectivity index (χ1v) is 15.3. The van der Waals surface area contributed by atoms with E-state index in [-0.39, 0.29) is 24.4 Å². The lowest BCUT2D eigenvalue weighted by molar-refractivity contribution is -0.117. The zero-order valence-corrected chi connectivity index (χ0v) is 26.1. The van der Waals surface area contributed by atoms with Crippen molar-refractivity contribution in [3.05, 3.63) is 102 Å². The number of halogens is 1. The van der Waals surface area contributed by atoms with E-state index in [0.717, 1.165) is 38.5 Å². The average molecular weight is 630 g/mol. The van der Waals surface area contributed by atoms with Crippen molar-refractivity contribution >= 4 is 44.4 Å². The molecule has 226 valence electrons. The second kappa shape index (κ2) is 15.1. The molecule has 2 aromatic carbocycles. The van der Waals surface area contributed by atoms with Gasteiger partial charge in [-0.05, 0) is 41.5 Å². The summed E-state index contributed by atoms with van der Waals surface area (Å²) in [4.78, 5) is 23.2. The van der Waals surface area contributed by atoms with Crippen molar-refractivity contribution in [2.75, 3.05) is 27.4 Å². The number of carbonyl (C=O) groups is 1. The zero-order valence-electron chi connectivity index (χ0n) is 24.5. The first-order chi connectivity index (χ1) is 21.4. The molecular formula is C34H32FN3O4S2. The molecule has 5 aromatic rings. The molecule has 0 unspecified atom stereocenters. The van der Waals surface area contributed by atoms with E-state index in [2.05, 4.69) is 15.3 Å². The molecule has 0 amide bonds. The Kier molecular flexibility index (Phi) is 10.7. The van der Waals surface area contributed by atoms with Gasteiger partial charge >= 0.3 is 0 Å². The number of pyridine rings is 2. The summed E-state index contributed by atoms with van der Waals surface area (Å²) in [5.41, 5.74) is 4.13. The number of carbonyl (C=O) groups excluding carboxylic acids is 1. The molecule has 3 aromatic heterocycles. The lowest BCUT2D eigenvalue weighted by Gasteiger charge is -2.10. The van der Waals surface area contributed by atoms with Crippen LogP contribution in [-0.4, -0.2) is 48.0 Å². The molecule has 0 aliphatic rings. The number of benzene rings is 2. The Labute approximate surface area is 265 Å². The Morgan fingerprint density at radius 2 is 1.80 bits per heavy atom. The third kappa shape index (κ3) is 8.09. The standard InChI is InChI=1S/C34H32FN3O4S2/c1-40-14-13-36-20-23-7-9-28(38-21-23)33-19-29-34(44-33)32(11-12-37-29)42-31-10-8-22(16-27(31)35)15-26(43)18-25(39)17-24-5-3-4-6-30(24)41-2/h3-12,16,19,21,36H,13-15,17-18,20H2,1-2H3. The molecule has 5 rings (SSSR count). The molecule has 0 atom stereocenters. The van der Waals surface area contributed by atoms with Gasteiger partial charge in [0.15, 0.2) is 11.6 Å². The molecule has 3 heterocycles. The fourth-order valence-corrected chi connectivity index (χ4v) is 6.06. The summed E-state index contributed by atoms with van der Waals surface area (Å²) in [6, 6.07) is 19.9. The zero-order chi connectivity index (χ0) is 30.9. The van der Waals surface area contributed by atoms with Gasteiger partial charge in [0.05, 0.1) is 34.5 Å². The van der Waals surface area contributed by atoms with Crippen molar-refractivity contribution in [2.45, 2.75) is 25.8 Å². The number of fused-ring (bicyclic) bond motifs is 1.